The van der Waals surface area contributed by atoms with Crippen LogP contribution in [-0.2, 0) is 0 Å². The van der Waals surface area contributed by atoms with Gasteiger partial charge in [-0.2, -0.15) is 0 Å². The summed E-state index contributed by atoms with van der Waals surface area (Å²) in [6.45, 7) is 0. The number of rotatable bonds is 7. The van der Waals surface area contributed by atoms with Crippen LogP contribution in [0.3, 0.4) is 0 Å². The standard InChI is InChI=1S/C63H39N5S/c1-4-19-40(20-5-1)43-25-18-26-44(39-43)62-64-61(42-23-8-3-9-24-42)65-63(66-62)52-30-13-17-34-56(52)68-55-33-16-12-29-47(55)49-36-38-51-50-37-35-48-46-28-11-15-32-54(46)67(57(48)59(50)69-60(51)58(49)68)53-31-14-10-27-45(53)41-21-6-2-7-22-41/h1-39H. The van der Waals surface area contributed by atoms with Gasteiger partial charge in [-0.25, -0.2) is 15.0 Å². The van der Waals surface area contributed by atoms with Crippen LogP contribution in [0.1, 0.15) is 0 Å². The molecule has 14 rings (SSSR count). The summed E-state index contributed by atoms with van der Waals surface area (Å²) in [6, 6.07) is 84.3. The Labute approximate surface area is 401 Å². The number of hydrogen-bond acceptors (Lipinski definition) is 4. The highest BCUT2D eigenvalue weighted by Crippen LogP contribution is 2.48. The summed E-state index contributed by atoms with van der Waals surface area (Å²) in [5, 5.41) is 7.33. The zero-order valence-corrected chi connectivity index (χ0v) is 38.0. The molecule has 0 radical (unpaired) electrons. The summed E-state index contributed by atoms with van der Waals surface area (Å²) in [6.07, 6.45) is 0. The lowest BCUT2D eigenvalue weighted by molar-refractivity contribution is 1.06. The molecular weight excluding hydrogens is 859 g/mol. The number of fused-ring (bicyclic) bond motifs is 11. The van der Waals surface area contributed by atoms with Gasteiger partial charge in [0.2, 0.25) is 0 Å². The van der Waals surface area contributed by atoms with Gasteiger partial charge in [-0.1, -0.05) is 200 Å². The average Bonchev–Trinajstić information content (AvgIpc) is 4.10. The van der Waals surface area contributed by atoms with Crippen LogP contribution in [0.4, 0.5) is 0 Å². The normalized spacial score (nSPS) is 11.8. The van der Waals surface area contributed by atoms with Crippen LogP contribution in [0.2, 0.25) is 0 Å². The molecule has 6 heteroatoms. The molecule has 10 aromatic carbocycles. The molecule has 0 aliphatic rings. The molecule has 0 bridgehead atoms. The van der Waals surface area contributed by atoms with E-state index in [0.29, 0.717) is 17.5 Å². The highest BCUT2D eigenvalue weighted by Gasteiger charge is 2.24. The number of para-hydroxylation sites is 4. The van der Waals surface area contributed by atoms with Crippen molar-refractivity contribution in [3.8, 4) is 67.8 Å². The largest absolute Gasteiger partial charge is 0.307 e. The molecule has 0 aliphatic heterocycles. The van der Waals surface area contributed by atoms with E-state index in [1.807, 2.05) is 35.6 Å². The molecule has 0 amide bonds. The third kappa shape index (κ3) is 6.27. The maximum atomic E-state index is 5.35. The minimum atomic E-state index is 0.609. The summed E-state index contributed by atoms with van der Waals surface area (Å²) in [7, 11) is 0. The minimum absolute atomic E-state index is 0.609. The number of hydrogen-bond donors (Lipinski definition) is 0. The molecule has 4 heterocycles. The van der Waals surface area contributed by atoms with Crippen LogP contribution in [-0.4, -0.2) is 24.1 Å². The van der Waals surface area contributed by atoms with Crippen LogP contribution in [0.25, 0.3) is 132 Å². The van der Waals surface area contributed by atoms with Crippen molar-refractivity contribution in [1.82, 2.24) is 24.1 Å². The van der Waals surface area contributed by atoms with Gasteiger partial charge in [-0.05, 0) is 53.1 Å². The Morgan fingerprint density at radius 3 is 1.30 bits per heavy atom. The number of aromatic nitrogens is 5. The number of benzene rings is 10. The van der Waals surface area contributed by atoms with Crippen molar-refractivity contribution in [3.63, 3.8) is 0 Å². The van der Waals surface area contributed by atoms with Gasteiger partial charge in [0.25, 0.3) is 0 Å². The topological polar surface area (TPSA) is 48.5 Å². The quantitative estimate of drug-likeness (QED) is 0.160. The van der Waals surface area contributed by atoms with Crippen molar-refractivity contribution >= 4 is 75.1 Å². The minimum Gasteiger partial charge on any atom is -0.307 e. The van der Waals surface area contributed by atoms with Gasteiger partial charge in [-0.15, -0.1) is 11.3 Å². The third-order valence-corrected chi connectivity index (χ3v) is 14.8. The molecule has 322 valence electrons. The molecule has 0 saturated heterocycles. The van der Waals surface area contributed by atoms with Gasteiger partial charge in [0, 0.05) is 54.6 Å². The molecule has 5 nitrogen and oxygen atoms in total. The molecule has 4 aromatic heterocycles. The summed E-state index contributed by atoms with van der Waals surface area (Å²) in [5.74, 6) is 1.85. The fourth-order valence-electron chi connectivity index (χ4n) is 10.5. The molecule has 0 aliphatic carbocycles. The molecule has 0 unspecified atom stereocenters. The highest BCUT2D eigenvalue weighted by atomic mass is 32.1. The van der Waals surface area contributed by atoms with Gasteiger partial charge < -0.3 is 9.13 Å². The van der Waals surface area contributed by atoms with E-state index in [0.717, 1.165) is 50.2 Å². The Morgan fingerprint density at radius 1 is 0.275 bits per heavy atom. The zero-order valence-electron chi connectivity index (χ0n) is 37.2. The average molecular weight is 898 g/mol. The molecule has 0 saturated carbocycles. The van der Waals surface area contributed by atoms with Crippen molar-refractivity contribution < 1.29 is 0 Å². The summed E-state index contributed by atoms with van der Waals surface area (Å²) in [5.41, 5.74) is 14.2. The van der Waals surface area contributed by atoms with Crippen LogP contribution in [0.15, 0.2) is 237 Å². The Morgan fingerprint density at radius 2 is 0.696 bits per heavy atom. The van der Waals surface area contributed by atoms with Gasteiger partial charge in [0.15, 0.2) is 17.5 Å². The Bertz CT molecular complexity index is 4300. The predicted molar refractivity (Wildman–Crippen MR) is 289 cm³/mol. The molecule has 0 N–H and O–H groups in total. The van der Waals surface area contributed by atoms with Crippen LogP contribution in [0, 0.1) is 0 Å². The fourth-order valence-corrected chi connectivity index (χ4v) is 11.9. The molecule has 69 heavy (non-hydrogen) atoms. The third-order valence-electron chi connectivity index (χ3n) is 13.6. The Hall–Kier alpha value is -8.97. The SMILES string of the molecule is c1ccc(-c2cccc(-c3nc(-c4ccccc4)nc(-c4ccccc4-n4c5ccccc5c5ccc6c7ccc8c9ccccc9n(-c9ccccc9-c9ccccc9)c8c7sc6c54)n3)c2)cc1. The van der Waals surface area contributed by atoms with E-state index in [1.54, 1.807) is 0 Å². The number of nitrogens with zero attached hydrogens (tertiary/aromatic N) is 5. The Balaban J connectivity index is 1.04. The van der Waals surface area contributed by atoms with E-state index in [-0.39, 0.29) is 0 Å². The van der Waals surface area contributed by atoms with Crippen LogP contribution < -0.4 is 0 Å². The first kappa shape index (κ1) is 39.2. The molecule has 0 atom stereocenters. The van der Waals surface area contributed by atoms with Crippen molar-refractivity contribution in [2.45, 2.75) is 0 Å². The van der Waals surface area contributed by atoms with Gasteiger partial charge in [-0.3, -0.25) is 0 Å². The van der Waals surface area contributed by atoms with E-state index in [9.17, 15) is 0 Å². The van der Waals surface area contributed by atoms with Crippen molar-refractivity contribution in [3.05, 3.63) is 237 Å². The monoisotopic (exact) mass is 897 g/mol. The predicted octanol–water partition coefficient (Wildman–Crippen LogP) is 16.8. The first-order valence-electron chi connectivity index (χ1n) is 23.3. The summed E-state index contributed by atoms with van der Waals surface area (Å²) < 4.78 is 7.45. The van der Waals surface area contributed by atoms with E-state index >= 15 is 0 Å². The van der Waals surface area contributed by atoms with E-state index in [2.05, 4.69) is 221 Å². The van der Waals surface area contributed by atoms with E-state index < -0.39 is 0 Å². The Kier molecular flexibility index (Phi) is 9.00. The lowest BCUT2D eigenvalue weighted by Crippen LogP contribution is -2.03. The number of thiophene rings is 1. The highest BCUT2D eigenvalue weighted by molar-refractivity contribution is 7.27. The molecule has 0 fully saturated rings. The maximum Gasteiger partial charge on any atom is 0.166 e. The second kappa shape index (κ2) is 15.8. The van der Waals surface area contributed by atoms with Crippen LogP contribution >= 0.6 is 11.3 Å². The zero-order chi connectivity index (χ0) is 45.4. The lowest BCUT2D eigenvalue weighted by Gasteiger charge is -2.15. The second-order valence-electron chi connectivity index (χ2n) is 17.5. The van der Waals surface area contributed by atoms with Gasteiger partial charge in [0.1, 0.15) is 0 Å². The lowest BCUT2D eigenvalue weighted by atomic mass is 10.0. The second-order valence-corrected chi connectivity index (χ2v) is 18.5. The smallest absolute Gasteiger partial charge is 0.166 e. The first-order chi connectivity index (χ1) is 34.2. The molecule has 0 spiro atoms. The van der Waals surface area contributed by atoms with Crippen LogP contribution in [0.5, 0.6) is 0 Å². The van der Waals surface area contributed by atoms with E-state index in [4.69, 9.17) is 15.0 Å². The first-order valence-corrected chi connectivity index (χ1v) is 24.1. The van der Waals surface area contributed by atoms with Crippen molar-refractivity contribution in [1.29, 1.82) is 0 Å². The van der Waals surface area contributed by atoms with Crippen molar-refractivity contribution in [2.24, 2.45) is 0 Å². The fraction of sp³-hybridized carbons (Fsp3) is 0. The van der Waals surface area contributed by atoms with Gasteiger partial charge in [0.05, 0.1) is 42.8 Å². The van der Waals surface area contributed by atoms with E-state index in [1.165, 1.54) is 63.9 Å². The van der Waals surface area contributed by atoms with Gasteiger partial charge >= 0.3 is 0 Å². The summed E-state index contributed by atoms with van der Waals surface area (Å²) >= 11 is 1.89. The van der Waals surface area contributed by atoms with Crippen molar-refractivity contribution in [2.75, 3.05) is 0 Å². The maximum absolute atomic E-state index is 5.35. The summed E-state index contributed by atoms with van der Waals surface area (Å²) in [4.78, 5) is 15.8. The molecule has 14 aromatic rings. The molecular formula is C63H39N5S.